The van der Waals surface area contributed by atoms with E-state index in [0.29, 0.717) is 10.6 Å². The van der Waals surface area contributed by atoms with Crippen molar-refractivity contribution in [3.63, 3.8) is 0 Å². The van der Waals surface area contributed by atoms with Gasteiger partial charge in [0.05, 0.1) is 23.7 Å². The van der Waals surface area contributed by atoms with E-state index in [9.17, 15) is 4.79 Å². The molecule has 0 aliphatic carbocycles. The van der Waals surface area contributed by atoms with Gasteiger partial charge < -0.3 is 10.1 Å². The minimum absolute atomic E-state index is 0.107. The predicted octanol–water partition coefficient (Wildman–Crippen LogP) is 3.84. The lowest BCUT2D eigenvalue weighted by Crippen LogP contribution is -2.26. The van der Waals surface area contributed by atoms with Gasteiger partial charge in [0.2, 0.25) is 0 Å². The minimum Gasteiger partial charge on any atom is -0.497 e. The highest BCUT2D eigenvalue weighted by Crippen LogP contribution is 2.19. The highest BCUT2D eigenvalue weighted by atomic mass is 35.5. The molecule has 20 heavy (non-hydrogen) atoms. The fourth-order valence-corrected chi connectivity index (χ4v) is 2.12. The number of amides is 1. The Labute approximate surface area is 123 Å². The monoisotopic (exact) mass is 289 g/mol. The van der Waals surface area contributed by atoms with Gasteiger partial charge in [-0.05, 0) is 36.8 Å². The van der Waals surface area contributed by atoms with Crippen molar-refractivity contribution in [2.24, 2.45) is 0 Å². The van der Waals surface area contributed by atoms with E-state index >= 15 is 0 Å². The number of halogens is 1. The number of carbonyl (C=O) groups excluding carboxylic acids is 1. The van der Waals surface area contributed by atoms with Crippen LogP contribution in [0.1, 0.15) is 28.9 Å². The molecular formula is C16H16ClNO2. The fourth-order valence-electron chi connectivity index (χ4n) is 1.90. The molecule has 0 aliphatic heterocycles. The molecule has 2 aromatic carbocycles. The first-order chi connectivity index (χ1) is 9.61. The summed E-state index contributed by atoms with van der Waals surface area (Å²) in [6, 6.07) is 14.5. The van der Waals surface area contributed by atoms with Crippen molar-refractivity contribution in [3.8, 4) is 5.75 Å². The van der Waals surface area contributed by atoms with Crippen molar-refractivity contribution in [2.45, 2.75) is 13.0 Å². The van der Waals surface area contributed by atoms with Crippen LogP contribution in [-0.4, -0.2) is 13.0 Å². The van der Waals surface area contributed by atoms with Gasteiger partial charge in [-0.25, -0.2) is 0 Å². The van der Waals surface area contributed by atoms with Crippen LogP contribution < -0.4 is 10.1 Å². The van der Waals surface area contributed by atoms with Gasteiger partial charge in [-0.15, -0.1) is 0 Å². The highest BCUT2D eigenvalue weighted by Gasteiger charge is 2.13. The van der Waals surface area contributed by atoms with E-state index in [1.165, 1.54) is 0 Å². The second-order valence-corrected chi connectivity index (χ2v) is 4.86. The molecule has 0 spiro atoms. The van der Waals surface area contributed by atoms with Crippen LogP contribution in [0.15, 0.2) is 48.5 Å². The quantitative estimate of drug-likeness (QED) is 0.929. The lowest BCUT2D eigenvalue weighted by atomic mass is 10.1. The number of nitrogens with one attached hydrogen (secondary N) is 1. The largest absolute Gasteiger partial charge is 0.497 e. The topological polar surface area (TPSA) is 38.3 Å². The van der Waals surface area contributed by atoms with E-state index in [4.69, 9.17) is 16.3 Å². The summed E-state index contributed by atoms with van der Waals surface area (Å²) in [5.74, 6) is 0.609. The van der Waals surface area contributed by atoms with Crippen molar-refractivity contribution in [3.05, 3.63) is 64.7 Å². The van der Waals surface area contributed by atoms with Gasteiger partial charge in [-0.2, -0.15) is 0 Å². The van der Waals surface area contributed by atoms with Gasteiger partial charge in [-0.3, -0.25) is 4.79 Å². The Morgan fingerprint density at radius 1 is 1.15 bits per heavy atom. The Morgan fingerprint density at radius 3 is 2.40 bits per heavy atom. The average Bonchev–Trinajstić information content (AvgIpc) is 2.47. The summed E-state index contributed by atoms with van der Waals surface area (Å²) in [7, 11) is 1.62. The van der Waals surface area contributed by atoms with Crippen LogP contribution in [0.5, 0.6) is 5.75 Å². The van der Waals surface area contributed by atoms with E-state index < -0.39 is 0 Å². The molecule has 0 saturated heterocycles. The van der Waals surface area contributed by atoms with Crippen molar-refractivity contribution in [2.75, 3.05) is 7.11 Å². The second kappa shape index (κ2) is 6.44. The molecule has 104 valence electrons. The zero-order chi connectivity index (χ0) is 14.5. The van der Waals surface area contributed by atoms with Crippen molar-refractivity contribution in [1.82, 2.24) is 5.32 Å². The van der Waals surface area contributed by atoms with Crippen LogP contribution in [0.25, 0.3) is 0 Å². The molecule has 1 amide bonds. The maximum Gasteiger partial charge on any atom is 0.253 e. The van der Waals surface area contributed by atoms with Crippen LogP contribution in [0.4, 0.5) is 0 Å². The van der Waals surface area contributed by atoms with Crippen molar-refractivity contribution >= 4 is 17.5 Å². The molecule has 1 atom stereocenters. The lowest BCUT2D eigenvalue weighted by molar-refractivity contribution is 0.0940. The van der Waals surface area contributed by atoms with E-state index in [-0.39, 0.29) is 11.9 Å². The standard InChI is InChI=1S/C16H16ClNO2/c1-11(12-7-9-13(20-2)10-8-12)18-16(19)14-5-3-4-6-15(14)17/h3-11H,1-2H3,(H,18,19)/t11-/m0/s1. The normalized spacial score (nSPS) is 11.8. The molecule has 0 saturated carbocycles. The third kappa shape index (κ3) is 3.31. The van der Waals surface area contributed by atoms with Crippen molar-refractivity contribution < 1.29 is 9.53 Å². The van der Waals surface area contributed by atoms with E-state index in [1.54, 1.807) is 31.4 Å². The van der Waals surface area contributed by atoms with E-state index in [1.807, 2.05) is 31.2 Å². The summed E-state index contributed by atoms with van der Waals surface area (Å²) in [4.78, 5) is 12.2. The molecule has 2 rings (SSSR count). The van der Waals surface area contributed by atoms with E-state index in [2.05, 4.69) is 5.32 Å². The Hall–Kier alpha value is -2.00. The average molecular weight is 290 g/mol. The van der Waals surface area contributed by atoms with Gasteiger partial charge in [0.15, 0.2) is 0 Å². The summed E-state index contributed by atoms with van der Waals surface area (Å²) in [5.41, 5.74) is 1.49. The molecule has 1 N–H and O–H groups in total. The predicted molar refractivity (Wildman–Crippen MR) is 80.3 cm³/mol. The molecule has 3 nitrogen and oxygen atoms in total. The first-order valence-electron chi connectivity index (χ1n) is 6.31. The second-order valence-electron chi connectivity index (χ2n) is 4.45. The molecule has 0 fully saturated rings. The maximum absolute atomic E-state index is 12.2. The van der Waals surface area contributed by atoms with Gasteiger partial charge in [0, 0.05) is 0 Å². The third-order valence-electron chi connectivity index (χ3n) is 3.08. The smallest absolute Gasteiger partial charge is 0.253 e. The van der Waals surface area contributed by atoms with Crippen LogP contribution in [0, 0.1) is 0 Å². The Kier molecular flexibility index (Phi) is 4.64. The Bertz CT molecular complexity index is 596. The molecule has 0 bridgehead atoms. The zero-order valence-electron chi connectivity index (χ0n) is 11.4. The summed E-state index contributed by atoms with van der Waals surface area (Å²) in [6.07, 6.45) is 0. The first kappa shape index (κ1) is 14.4. The highest BCUT2D eigenvalue weighted by molar-refractivity contribution is 6.33. The zero-order valence-corrected chi connectivity index (χ0v) is 12.1. The SMILES string of the molecule is COc1ccc([C@H](C)NC(=O)c2ccccc2Cl)cc1. The summed E-state index contributed by atoms with van der Waals surface area (Å²) in [5, 5.41) is 3.38. The third-order valence-corrected chi connectivity index (χ3v) is 3.41. The van der Waals surface area contributed by atoms with Crippen LogP contribution >= 0.6 is 11.6 Å². The van der Waals surface area contributed by atoms with E-state index in [0.717, 1.165) is 11.3 Å². The number of rotatable bonds is 4. The number of ether oxygens (including phenoxy) is 1. The molecule has 0 heterocycles. The Balaban J connectivity index is 2.09. The molecular weight excluding hydrogens is 274 g/mol. The number of benzene rings is 2. The van der Waals surface area contributed by atoms with Gasteiger partial charge in [0.25, 0.3) is 5.91 Å². The van der Waals surface area contributed by atoms with Crippen LogP contribution in [0.3, 0.4) is 0 Å². The number of hydrogen-bond acceptors (Lipinski definition) is 2. The summed E-state index contributed by atoms with van der Waals surface area (Å²) >= 11 is 6.01. The molecule has 0 radical (unpaired) electrons. The molecule has 4 heteroatoms. The van der Waals surface area contributed by atoms with Gasteiger partial charge in [-0.1, -0.05) is 35.9 Å². The number of hydrogen-bond donors (Lipinski definition) is 1. The lowest BCUT2D eigenvalue weighted by Gasteiger charge is -2.15. The first-order valence-corrected chi connectivity index (χ1v) is 6.69. The van der Waals surface area contributed by atoms with Crippen molar-refractivity contribution in [1.29, 1.82) is 0 Å². The van der Waals surface area contributed by atoms with Crippen LogP contribution in [-0.2, 0) is 0 Å². The van der Waals surface area contributed by atoms with Crippen LogP contribution in [0.2, 0.25) is 5.02 Å². The molecule has 2 aromatic rings. The van der Waals surface area contributed by atoms with Gasteiger partial charge in [0.1, 0.15) is 5.75 Å². The minimum atomic E-state index is -0.182. The summed E-state index contributed by atoms with van der Waals surface area (Å²) in [6.45, 7) is 1.93. The van der Waals surface area contributed by atoms with Gasteiger partial charge >= 0.3 is 0 Å². The summed E-state index contributed by atoms with van der Waals surface area (Å²) < 4.78 is 5.11. The molecule has 0 unspecified atom stereocenters. The fraction of sp³-hybridized carbons (Fsp3) is 0.188. The number of methoxy groups -OCH3 is 1. The Morgan fingerprint density at radius 2 is 1.80 bits per heavy atom. The number of carbonyl (C=O) groups is 1. The maximum atomic E-state index is 12.2. The molecule has 0 aliphatic rings. The molecule has 0 aromatic heterocycles.